The van der Waals surface area contributed by atoms with Crippen molar-refractivity contribution in [1.82, 2.24) is 14.5 Å². The molecule has 4 aromatic rings. The Balaban J connectivity index is 1.62. The second kappa shape index (κ2) is 7.77. The van der Waals surface area contributed by atoms with Crippen molar-refractivity contribution in [2.24, 2.45) is 0 Å². The molecule has 1 saturated heterocycles. The summed E-state index contributed by atoms with van der Waals surface area (Å²) >= 11 is 7.57. The summed E-state index contributed by atoms with van der Waals surface area (Å²) in [5.74, 6) is 0.943. The number of rotatable bonds is 2. The SMILES string of the molecule is CC1(C)Cc2c(c(N3CCOCC3)nc3sc4c(=O)n(-c5cccc(Cl)c5)cnc4c23)CO1. The highest BCUT2D eigenvalue weighted by molar-refractivity contribution is 7.25. The van der Waals surface area contributed by atoms with Crippen LogP contribution in [0.4, 0.5) is 5.82 Å². The molecule has 1 fully saturated rings. The number of morpholine rings is 1. The molecular formula is C24H23ClN4O3S. The van der Waals surface area contributed by atoms with E-state index in [1.165, 1.54) is 16.9 Å². The van der Waals surface area contributed by atoms with Crippen molar-refractivity contribution in [3.05, 3.63) is 57.1 Å². The van der Waals surface area contributed by atoms with Crippen LogP contribution in [-0.4, -0.2) is 46.4 Å². The zero-order valence-corrected chi connectivity index (χ0v) is 20.0. The van der Waals surface area contributed by atoms with Crippen LogP contribution in [0.25, 0.3) is 26.1 Å². The maximum Gasteiger partial charge on any atom is 0.275 e. The summed E-state index contributed by atoms with van der Waals surface area (Å²) < 4.78 is 13.9. The van der Waals surface area contributed by atoms with E-state index in [2.05, 4.69) is 18.7 Å². The molecule has 9 heteroatoms. The van der Waals surface area contributed by atoms with E-state index in [-0.39, 0.29) is 11.2 Å². The molecule has 7 nitrogen and oxygen atoms in total. The van der Waals surface area contributed by atoms with Gasteiger partial charge in [-0.25, -0.2) is 9.97 Å². The van der Waals surface area contributed by atoms with E-state index in [0.29, 0.717) is 40.7 Å². The predicted octanol–water partition coefficient (Wildman–Crippen LogP) is 4.34. The molecule has 3 aromatic heterocycles. The monoisotopic (exact) mass is 482 g/mol. The number of hydrogen-bond acceptors (Lipinski definition) is 7. The smallest absolute Gasteiger partial charge is 0.275 e. The number of aromatic nitrogens is 3. The van der Waals surface area contributed by atoms with Gasteiger partial charge in [0.05, 0.1) is 36.6 Å². The average molecular weight is 483 g/mol. The van der Waals surface area contributed by atoms with E-state index >= 15 is 0 Å². The Morgan fingerprint density at radius 3 is 2.79 bits per heavy atom. The Morgan fingerprint density at radius 1 is 1.18 bits per heavy atom. The van der Waals surface area contributed by atoms with Crippen LogP contribution >= 0.6 is 22.9 Å². The lowest BCUT2D eigenvalue weighted by atomic mass is 9.90. The lowest BCUT2D eigenvalue weighted by molar-refractivity contribution is -0.0396. The second-order valence-corrected chi connectivity index (χ2v) is 10.5. The van der Waals surface area contributed by atoms with Gasteiger partial charge in [0.2, 0.25) is 0 Å². The highest BCUT2D eigenvalue weighted by Gasteiger charge is 2.33. The molecule has 0 atom stereocenters. The minimum absolute atomic E-state index is 0.113. The zero-order chi connectivity index (χ0) is 22.7. The molecule has 2 aliphatic heterocycles. The van der Waals surface area contributed by atoms with E-state index in [1.54, 1.807) is 23.0 Å². The fourth-order valence-corrected chi connectivity index (χ4v) is 5.96. The number of anilines is 1. The van der Waals surface area contributed by atoms with Gasteiger partial charge < -0.3 is 14.4 Å². The van der Waals surface area contributed by atoms with Crippen LogP contribution in [0.1, 0.15) is 25.0 Å². The Labute approximate surface area is 199 Å². The van der Waals surface area contributed by atoms with Gasteiger partial charge in [-0.3, -0.25) is 9.36 Å². The second-order valence-electron chi connectivity index (χ2n) is 9.08. The maximum absolute atomic E-state index is 13.5. The fourth-order valence-electron chi connectivity index (χ4n) is 4.69. The first-order valence-corrected chi connectivity index (χ1v) is 12.2. The summed E-state index contributed by atoms with van der Waals surface area (Å²) in [6.07, 6.45) is 2.33. The van der Waals surface area contributed by atoms with Crippen LogP contribution in [0.5, 0.6) is 0 Å². The summed E-state index contributed by atoms with van der Waals surface area (Å²) in [7, 11) is 0. The van der Waals surface area contributed by atoms with Crippen molar-refractivity contribution in [2.75, 3.05) is 31.2 Å². The average Bonchev–Trinajstić information content (AvgIpc) is 3.18. The fraction of sp³-hybridized carbons (Fsp3) is 0.375. The molecule has 0 spiro atoms. The minimum atomic E-state index is -0.298. The highest BCUT2D eigenvalue weighted by atomic mass is 35.5. The Bertz CT molecular complexity index is 1460. The molecule has 33 heavy (non-hydrogen) atoms. The van der Waals surface area contributed by atoms with Gasteiger partial charge in [0.25, 0.3) is 5.56 Å². The van der Waals surface area contributed by atoms with E-state index in [0.717, 1.165) is 41.1 Å². The van der Waals surface area contributed by atoms with E-state index in [4.69, 9.17) is 31.0 Å². The normalized spacial score (nSPS) is 18.1. The van der Waals surface area contributed by atoms with Gasteiger partial charge in [-0.1, -0.05) is 17.7 Å². The lowest BCUT2D eigenvalue weighted by Gasteiger charge is -2.36. The quantitative estimate of drug-likeness (QED) is 0.423. The molecule has 170 valence electrons. The number of benzene rings is 1. The summed E-state index contributed by atoms with van der Waals surface area (Å²) in [5, 5.41) is 1.55. The van der Waals surface area contributed by atoms with Gasteiger partial charge in [0, 0.05) is 35.5 Å². The predicted molar refractivity (Wildman–Crippen MR) is 131 cm³/mol. The van der Waals surface area contributed by atoms with Gasteiger partial charge in [0.15, 0.2) is 0 Å². The molecule has 1 aromatic carbocycles. The summed E-state index contributed by atoms with van der Waals surface area (Å²) in [6, 6.07) is 7.23. The number of hydrogen-bond donors (Lipinski definition) is 0. The van der Waals surface area contributed by atoms with Crippen molar-refractivity contribution >= 4 is 49.2 Å². The first kappa shape index (κ1) is 21.0. The molecule has 2 aliphatic rings. The van der Waals surface area contributed by atoms with Crippen molar-refractivity contribution < 1.29 is 9.47 Å². The van der Waals surface area contributed by atoms with Crippen LogP contribution in [0, 0.1) is 0 Å². The first-order valence-electron chi connectivity index (χ1n) is 11.0. The van der Waals surface area contributed by atoms with Crippen LogP contribution in [0.3, 0.4) is 0 Å². The number of ether oxygens (including phenoxy) is 2. The molecule has 0 unspecified atom stereocenters. The number of fused-ring (bicyclic) bond motifs is 5. The van der Waals surface area contributed by atoms with Gasteiger partial charge in [0.1, 0.15) is 21.7 Å². The molecule has 0 amide bonds. The van der Waals surface area contributed by atoms with Crippen molar-refractivity contribution in [2.45, 2.75) is 32.5 Å². The van der Waals surface area contributed by atoms with Crippen molar-refractivity contribution in [3.8, 4) is 5.69 Å². The van der Waals surface area contributed by atoms with Crippen molar-refractivity contribution in [1.29, 1.82) is 0 Å². The number of halogens is 1. The Hall–Kier alpha value is -2.52. The molecule has 5 heterocycles. The minimum Gasteiger partial charge on any atom is -0.378 e. The van der Waals surface area contributed by atoms with Crippen LogP contribution in [0.15, 0.2) is 35.4 Å². The van der Waals surface area contributed by atoms with Gasteiger partial charge in [-0.2, -0.15) is 0 Å². The molecular weight excluding hydrogens is 460 g/mol. The topological polar surface area (TPSA) is 69.5 Å². The van der Waals surface area contributed by atoms with Crippen LogP contribution in [0.2, 0.25) is 5.02 Å². The van der Waals surface area contributed by atoms with E-state index in [1.807, 2.05) is 12.1 Å². The zero-order valence-electron chi connectivity index (χ0n) is 18.4. The van der Waals surface area contributed by atoms with Gasteiger partial charge >= 0.3 is 0 Å². The van der Waals surface area contributed by atoms with E-state index in [9.17, 15) is 4.79 Å². The molecule has 0 bridgehead atoms. The largest absolute Gasteiger partial charge is 0.378 e. The summed E-state index contributed by atoms with van der Waals surface area (Å²) in [4.78, 5) is 26.4. The van der Waals surface area contributed by atoms with Crippen LogP contribution < -0.4 is 10.5 Å². The number of nitrogens with zero attached hydrogens (tertiary/aromatic N) is 4. The molecule has 0 saturated carbocycles. The number of thiophene rings is 1. The molecule has 0 aliphatic carbocycles. The Morgan fingerprint density at radius 2 is 2.00 bits per heavy atom. The third-order valence-corrected chi connectivity index (χ3v) is 7.63. The van der Waals surface area contributed by atoms with Gasteiger partial charge in [-0.15, -0.1) is 11.3 Å². The first-order chi connectivity index (χ1) is 15.9. The Kier molecular flexibility index (Phi) is 4.95. The molecule has 0 radical (unpaired) electrons. The van der Waals surface area contributed by atoms with Crippen molar-refractivity contribution in [3.63, 3.8) is 0 Å². The standard InChI is InChI=1S/C24H23ClN4O3S/c1-24(2)11-16-17(12-32-24)21(28-6-8-31-9-7-28)27-22-18(16)19-20(33-22)23(30)29(13-26-19)15-5-3-4-14(25)10-15/h3-5,10,13H,6-9,11-12H2,1-2H3. The third-order valence-electron chi connectivity index (χ3n) is 6.33. The van der Waals surface area contributed by atoms with Crippen LogP contribution in [-0.2, 0) is 22.5 Å². The van der Waals surface area contributed by atoms with E-state index < -0.39 is 0 Å². The molecule has 0 N–H and O–H groups in total. The molecule has 6 rings (SSSR count). The maximum atomic E-state index is 13.5. The highest BCUT2D eigenvalue weighted by Crippen LogP contribution is 2.42. The lowest BCUT2D eigenvalue weighted by Crippen LogP contribution is -2.39. The third kappa shape index (κ3) is 3.52. The summed E-state index contributed by atoms with van der Waals surface area (Å²) in [5.41, 5.74) is 3.29. The summed E-state index contributed by atoms with van der Waals surface area (Å²) in [6.45, 7) is 7.64. The van der Waals surface area contributed by atoms with Gasteiger partial charge in [-0.05, 0) is 37.6 Å². The number of pyridine rings is 1.